The topological polar surface area (TPSA) is 38.8 Å². The van der Waals surface area contributed by atoms with E-state index in [1.54, 1.807) is 17.4 Å². The Labute approximate surface area is 141 Å². The molecule has 23 heavy (non-hydrogen) atoms. The second-order valence-electron chi connectivity index (χ2n) is 6.68. The van der Waals surface area contributed by atoms with E-state index < -0.39 is 0 Å². The van der Waals surface area contributed by atoms with E-state index in [0.29, 0.717) is 13.2 Å². The van der Waals surface area contributed by atoms with Gasteiger partial charge in [0.05, 0.1) is 18.8 Å². The molecule has 4 nitrogen and oxygen atoms in total. The third kappa shape index (κ3) is 3.52. The smallest absolute Gasteiger partial charge is 0.247 e. The molecule has 1 aliphatic heterocycles. The lowest BCUT2D eigenvalue weighted by Crippen LogP contribution is -2.53. The highest BCUT2D eigenvalue weighted by Gasteiger charge is 2.45. The molecule has 1 aromatic heterocycles. The molecule has 124 valence electrons. The minimum Gasteiger partial charge on any atom is -0.375 e. The average molecular weight is 333 g/mol. The number of hydrogen-bond donors (Lipinski definition) is 0. The average Bonchev–Trinajstić information content (AvgIpc) is 3.09. The maximum absolute atomic E-state index is 12.6. The summed E-state index contributed by atoms with van der Waals surface area (Å²) in [5, 5.41) is 2.02. The molecular weight excluding hydrogens is 310 g/mol. The van der Waals surface area contributed by atoms with Gasteiger partial charge in [0.2, 0.25) is 5.91 Å². The Morgan fingerprint density at radius 2 is 2.30 bits per heavy atom. The Hall–Kier alpha value is -1.17. The van der Waals surface area contributed by atoms with Crippen LogP contribution in [0.4, 0.5) is 0 Å². The first-order valence-electron chi connectivity index (χ1n) is 8.56. The van der Waals surface area contributed by atoms with Gasteiger partial charge in [-0.25, -0.2) is 0 Å². The van der Waals surface area contributed by atoms with Crippen molar-refractivity contribution in [2.24, 2.45) is 5.92 Å². The first-order chi connectivity index (χ1) is 11.3. The van der Waals surface area contributed by atoms with Crippen molar-refractivity contribution in [3.8, 4) is 0 Å². The van der Waals surface area contributed by atoms with Gasteiger partial charge in [-0.3, -0.25) is 4.79 Å². The molecule has 2 heterocycles. The summed E-state index contributed by atoms with van der Waals surface area (Å²) >= 11 is 1.64. The van der Waals surface area contributed by atoms with Crippen LogP contribution in [0.5, 0.6) is 0 Å². The van der Waals surface area contributed by atoms with Crippen molar-refractivity contribution in [1.82, 2.24) is 4.90 Å². The summed E-state index contributed by atoms with van der Waals surface area (Å²) < 4.78 is 12.0. The standard InChI is InChI=1S/C18H23NO3S/c20-17(8-5-14-2-1-11-23-14)19-9-10-21-18-15(19)6-7-16(18)22-12-13-3-4-13/h1-2,5,8,11,13,15-16,18H,3-4,6-7,9-10,12H2/b8-5+/t15-,16+,18+/m0/s1. The molecule has 2 saturated carbocycles. The number of fused-ring (bicyclic) bond motifs is 1. The largest absolute Gasteiger partial charge is 0.375 e. The molecule has 0 unspecified atom stereocenters. The van der Waals surface area contributed by atoms with Crippen LogP contribution in [0.25, 0.3) is 6.08 Å². The van der Waals surface area contributed by atoms with Crippen molar-refractivity contribution in [2.75, 3.05) is 19.8 Å². The summed E-state index contributed by atoms with van der Waals surface area (Å²) in [5.41, 5.74) is 0. The first-order valence-corrected chi connectivity index (χ1v) is 9.44. The van der Waals surface area contributed by atoms with Crippen molar-refractivity contribution < 1.29 is 14.3 Å². The molecule has 2 aliphatic carbocycles. The highest BCUT2D eigenvalue weighted by atomic mass is 32.1. The molecule has 5 heteroatoms. The molecule has 0 N–H and O–H groups in total. The van der Waals surface area contributed by atoms with E-state index in [-0.39, 0.29) is 24.2 Å². The predicted octanol–water partition coefficient (Wildman–Crippen LogP) is 2.95. The molecule has 0 bridgehead atoms. The van der Waals surface area contributed by atoms with Crippen molar-refractivity contribution in [2.45, 2.75) is 43.9 Å². The lowest BCUT2D eigenvalue weighted by atomic mass is 10.1. The van der Waals surface area contributed by atoms with Crippen LogP contribution in [-0.2, 0) is 14.3 Å². The summed E-state index contributed by atoms with van der Waals surface area (Å²) in [6.07, 6.45) is 8.43. The fourth-order valence-corrected chi connectivity index (χ4v) is 4.17. The van der Waals surface area contributed by atoms with Gasteiger partial charge in [0.1, 0.15) is 6.10 Å². The fourth-order valence-electron chi connectivity index (χ4n) is 3.55. The number of hydrogen-bond acceptors (Lipinski definition) is 4. The third-order valence-corrected chi connectivity index (χ3v) is 5.83. The number of amides is 1. The van der Waals surface area contributed by atoms with E-state index in [1.165, 1.54) is 12.8 Å². The number of ether oxygens (including phenoxy) is 2. The molecule has 3 fully saturated rings. The van der Waals surface area contributed by atoms with Crippen LogP contribution < -0.4 is 0 Å². The monoisotopic (exact) mass is 333 g/mol. The summed E-state index contributed by atoms with van der Waals surface area (Å²) in [4.78, 5) is 15.7. The molecule has 3 aliphatic rings. The van der Waals surface area contributed by atoms with Gasteiger partial charge in [0, 0.05) is 24.1 Å². The van der Waals surface area contributed by atoms with Crippen molar-refractivity contribution in [3.05, 3.63) is 28.5 Å². The number of carbonyl (C=O) groups excluding carboxylic acids is 1. The summed E-state index contributed by atoms with van der Waals surface area (Å²) in [7, 11) is 0. The second-order valence-corrected chi connectivity index (χ2v) is 7.65. The molecule has 3 atom stereocenters. The van der Waals surface area contributed by atoms with Crippen molar-refractivity contribution in [3.63, 3.8) is 0 Å². The summed E-state index contributed by atoms with van der Waals surface area (Å²) in [6, 6.07) is 4.19. The number of nitrogens with zero attached hydrogens (tertiary/aromatic N) is 1. The van der Waals surface area contributed by atoms with E-state index in [4.69, 9.17) is 9.47 Å². The number of rotatable bonds is 5. The van der Waals surface area contributed by atoms with Crippen molar-refractivity contribution in [1.29, 1.82) is 0 Å². The van der Waals surface area contributed by atoms with Gasteiger partial charge >= 0.3 is 0 Å². The van der Waals surface area contributed by atoms with E-state index in [2.05, 4.69) is 0 Å². The van der Waals surface area contributed by atoms with Crippen LogP contribution in [-0.4, -0.2) is 48.8 Å². The van der Waals surface area contributed by atoms with Crippen LogP contribution in [0, 0.1) is 5.92 Å². The minimum atomic E-state index is 0.0570. The van der Waals surface area contributed by atoms with Gasteiger partial charge in [-0.05, 0) is 49.1 Å². The van der Waals surface area contributed by atoms with Crippen LogP contribution in [0.1, 0.15) is 30.6 Å². The molecule has 0 radical (unpaired) electrons. The molecule has 1 aromatic rings. The van der Waals surface area contributed by atoms with Crippen molar-refractivity contribution >= 4 is 23.3 Å². The Balaban J connectivity index is 1.38. The minimum absolute atomic E-state index is 0.0570. The normalized spacial score (nSPS) is 30.8. The molecule has 0 aromatic carbocycles. The molecule has 1 saturated heterocycles. The molecule has 1 amide bonds. The predicted molar refractivity (Wildman–Crippen MR) is 90.3 cm³/mol. The zero-order valence-corrected chi connectivity index (χ0v) is 14.0. The van der Waals surface area contributed by atoms with Gasteiger partial charge in [-0.15, -0.1) is 11.3 Å². The highest BCUT2D eigenvalue weighted by Crippen LogP contribution is 2.35. The highest BCUT2D eigenvalue weighted by molar-refractivity contribution is 7.10. The Morgan fingerprint density at radius 1 is 1.39 bits per heavy atom. The fraction of sp³-hybridized carbons (Fsp3) is 0.611. The molecule has 0 spiro atoms. The maximum Gasteiger partial charge on any atom is 0.247 e. The third-order valence-electron chi connectivity index (χ3n) is 4.99. The number of thiophene rings is 1. The first kappa shape index (κ1) is 15.4. The Morgan fingerprint density at radius 3 is 3.09 bits per heavy atom. The number of carbonyl (C=O) groups is 1. The van der Waals surface area contributed by atoms with Gasteiger partial charge in [0.15, 0.2) is 0 Å². The quantitative estimate of drug-likeness (QED) is 0.778. The van der Waals surface area contributed by atoms with Gasteiger partial charge in [-0.1, -0.05) is 6.07 Å². The van der Waals surface area contributed by atoms with Crippen LogP contribution >= 0.6 is 11.3 Å². The van der Waals surface area contributed by atoms with Gasteiger partial charge in [-0.2, -0.15) is 0 Å². The van der Waals surface area contributed by atoms with Crippen LogP contribution in [0.3, 0.4) is 0 Å². The molecular formula is C18H23NO3S. The van der Waals surface area contributed by atoms with E-state index in [1.807, 2.05) is 28.5 Å². The van der Waals surface area contributed by atoms with E-state index in [0.717, 1.165) is 30.2 Å². The Bertz CT molecular complexity index is 567. The summed E-state index contributed by atoms with van der Waals surface area (Å²) in [6.45, 7) is 2.16. The lowest BCUT2D eigenvalue weighted by molar-refractivity contribution is -0.147. The maximum atomic E-state index is 12.6. The van der Waals surface area contributed by atoms with Crippen LogP contribution in [0.15, 0.2) is 23.6 Å². The summed E-state index contributed by atoms with van der Waals surface area (Å²) in [5.74, 6) is 0.864. The Kier molecular flexibility index (Phi) is 4.51. The molecule has 4 rings (SSSR count). The van der Waals surface area contributed by atoms with Crippen LogP contribution in [0.2, 0.25) is 0 Å². The van der Waals surface area contributed by atoms with E-state index >= 15 is 0 Å². The second kappa shape index (κ2) is 6.75. The zero-order valence-electron chi connectivity index (χ0n) is 13.2. The van der Waals surface area contributed by atoms with Gasteiger partial charge in [0.25, 0.3) is 0 Å². The number of morpholine rings is 1. The van der Waals surface area contributed by atoms with E-state index in [9.17, 15) is 4.79 Å². The SMILES string of the molecule is O=C(/C=C/c1cccs1)N1CCO[C@H]2[C@H](OCC3CC3)CC[C@@H]21. The van der Waals surface area contributed by atoms with Gasteiger partial charge < -0.3 is 14.4 Å². The lowest BCUT2D eigenvalue weighted by Gasteiger charge is -2.38. The zero-order chi connectivity index (χ0) is 15.6.